The van der Waals surface area contributed by atoms with Gasteiger partial charge in [-0.15, -0.1) is 6.58 Å². The Bertz CT molecular complexity index is 145. The predicted octanol–water partition coefficient (Wildman–Crippen LogP) is 1.74. The van der Waals surface area contributed by atoms with E-state index in [1.165, 1.54) is 0 Å². The highest BCUT2D eigenvalue weighted by atomic mass is 16.5. The third-order valence-corrected chi connectivity index (χ3v) is 2.57. The van der Waals surface area contributed by atoms with E-state index in [0.29, 0.717) is 12.3 Å². The molecule has 0 saturated carbocycles. The summed E-state index contributed by atoms with van der Waals surface area (Å²) in [5.41, 5.74) is 0. The smallest absolute Gasteiger partial charge is 0.0628 e. The van der Waals surface area contributed by atoms with Crippen LogP contribution < -0.4 is 0 Å². The first-order chi connectivity index (χ1) is 5.79. The molecular weight excluding hydrogens is 152 g/mol. The monoisotopic (exact) mass is 170 g/mol. The fourth-order valence-electron chi connectivity index (χ4n) is 1.87. The molecule has 3 unspecified atom stereocenters. The van der Waals surface area contributed by atoms with E-state index in [1.54, 1.807) is 6.08 Å². The van der Waals surface area contributed by atoms with E-state index in [-0.39, 0.29) is 12.2 Å². The van der Waals surface area contributed by atoms with Gasteiger partial charge in [-0.25, -0.2) is 0 Å². The lowest BCUT2D eigenvalue weighted by Gasteiger charge is -2.21. The summed E-state index contributed by atoms with van der Waals surface area (Å²) < 4.78 is 5.49. The maximum absolute atomic E-state index is 9.70. The SMILES string of the molecule is C=CCC(O)C1CCOC1CC. The van der Waals surface area contributed by atoms with Crippen molar-refractivity contribution in [2.45, 2.75) is 38.4 Å². The lowest BCUT2D eigenvalue weighted by Crippen LogP contribution is -2.27. The largest absolute Gasteiger partial charge is 0.392 e. The van der Waals surface area contributed by atoms with Crippen LogP contribution in [0.25, 0.3) is 0 Å². The second kappa shape index (κ2) is 4.63. The quantitative estimate of drug-likeness (QED) is 0.651. The molecule has 1 heterocycles. The molecule has 1 fully saturated rings. The number of hydrogen-bond donors (Lipinski definition) is 1. The molecule has 2 heteroatoms. The van der Waals surface area contributed by atoms with E-state index in [2.05, 4.69) is 13.5 Å². The van der Waals surface area contributed by atoms with Gasteiger partial charge in [0, 0.05) is 12.5 Å². The van der Waals surface area contributed by atoms with Crippen LogP contribution in [0.5, 0.6) is 0 Å². The van der Waals surface area contributed by atoms with Crippen LogP contribution in [0, 0.1) is 5.92 Å². The van der Waals surface area contributed by atoms with Crippen LogP contribution in [-0.4, -0.2) is 23.9 Å². The third-order valence-electron chi connectivity index (χ3n) is 2.57. The van der Waals surface area contributed by atoms with Gasteiger partial charge in [0.15, 0.2) is 0 Å². The highest BCUT2D eigenvalue weighted by molar-refractivity contribution is 4.85. The summed E-state index contributed by atoms with van der Waals surface area (Å²) in [6.45, 7) is 6.53. The van der Waals surface area contributed by atoms with E-state index in [4.69, 9.17) is 4.74 Å². The van der Waals surface area contributed by atoms with Gasteiger partial charge < -0.3 is 9.84 Å². The zero-order valence-corrected chi connectivity index (χ0v) is 7.70. The van der Waals surface area contributed by atoms with Gasteiger partial charge in [0.05, 0.1) is 12.2 Å². The van der Waals surface area contributed by atoms with Crippen molar-refractivity contribution in [1.82, 2.24) is 0 Å². The molecule has 1 N–H and O–H groups in total. The summed E-state index contributed by atoms with van der Waals surface area (Å²) in [5, 5.41) is 9.70. The van der Waals surface area contributed by atoms with Crippen molar-refractivity contribution >= 4 is 0 Å². The van der Waals surface area contributed by atoms with Gasteiger partial charge in [-0.05, 0) is 19.3 Å². The number of aliphatic hydroxyl groups is 1. The van der Waals surface area contributed by atoms with Gasteiger partial charge in [0.2, 0.25) is 0 Å². The Balaban J connectivity index is 2.42. The van der Waals surface area contributed by atoms with Crippen molar-refractivity contribution in [3.05, 3.63) is 12.7 Å². The highest BCUT2D eigenvalue weighted by Gasteiger charge is 2.31. The molecule has 0 aromatic rings. The molecule has 1 rings (SSSR count). The van der Waals surface area contributed by atoms with Gasteiger partial charge in [-0.3, -0.25) is 0 Å². The second-order valence-corrected chi connectivity index (χ2v) is 3.36. The number of aliphatic hydroxyl groups excluding tert-OH is 1. The van der Waals surface area contributed by atoms with Crippen molar-refractivity contribution in [3.8, 4) is 0 Å². The average molecular weight is 170 g/mol. The van der Waals surface area contributed by atoms with Crippen LogP contribution in [0.1, 0.15) is 26.2 Å². The topological polar surface area (TPSA) is 29.5 Å². The van der Waals surface area contributed by atoms with E-state index in [0.717, 1.165) is 19.4 Å². The Kier molecular flexibility index (Phi) is 3.76. The van der Waals surface area contributed by atoms with Crippen LogP contribution in [-0.2, 0) is 4.74 Å². The number of rotatable bonds is 4. The van der Waals surface area contributed by atoms with E-state index in [9.17, 15) is 5.11 Å². The van der Waals surface area contributed by atoms with Crippen LogP contribution >= 0.6 is 0 Å². The van der Waals surface area contributed by atoms with Gasteiger partial charge in [0.25, 0.3) is 0 Å². The number of hydrogen-bond acceptors (Lipinski definition) is 2. The first kappa shape index (κ1) is 9.75. The first-order valence-electron chi connectivity index (χ1n) is 4.70. The molecule has 0 aromatic carbocycles. The minimum atomic E-state index is -0.255. The molecule has 12 heavy (non-hydrogen) atoms. The molecule has 0 aliphatic carbocycles. The minimum absolute atomic E-state index is 0.255. The van der Waals surface area contributed by atoms with Crippen LogP contribution in [0.4, 0.5) is 0 Å². The van der Waals surface area contributed by atoms with Gasteiger partial charge >= 0.3 is 0 Å². The molecule has 1 saturated heterocycles. The summed E-state index contributed by atoms with van der Waals surface area (Å²) in [4.78, 5) is 0. The van der Waals surface area contributed by atoms with Gasteiger partial charge in [-0.2, -0.15) is 0 Å². The van der Waals surface area contributed by atoms with Crippen LogP contribution in [0.2, 0.25) is 0 Å². The lowest BCUT2D eigenvalue weighted by molar-refractivity contribution is 0.0329. The summed E-state index contributed by atoms with van der Waals surface area (Å²) in [6.07, 6.45) is 4.46. The predicted molar refractivity (Wildman–Crippen MR) is 49.0 cm³/mol. The zero-order valence-electron chi connectivity index (χ0n) is 7.70. The number of ether oxygens (including phenoxy) is 1. The van der Waals surface area contributed by atoms with E-state index < -0.39 is 0 Å². The molecule has 2 nitrogen and oxygen atoms in total. The van der Waals surface area contributed by atoms with Crippen molar-refractivity contribution in [2.24, 2.45) is 5.92 Å². The normalized spacial score (nSPS) is 31.8. The van der Waals surface area contributed by atoms with Crippen molar-refractivity contribution < 1.29 is 9.84 Å². The molecule has 1 aliphatic heterocycles. The molecule has 0 amide bonds. The van der Waals surface area contributed by atoms with Crippen LogP contribution in [0.3, 0.4) is 0 Å². The third kappa shape index (κ3) is 2.08. The Morgan fingerprint density at radius 3 is 3.08 bits per heavy atom. The summed E-state index contributed by atoms with van der Waals surface area (Å²) >= 11 is 0. The zero-order chi connectivity index (χ0) is 8.97. The fourth-order valence-corrected chi connectivity index (χ4v) is 1.87. The Morgan fingerprint density at radius 2 is 2.50 bits per heavy atom. The van der Waals surface area contributed by atoms with Crippen LogP contribution in [0.15, 0.2) is 12.7 Å². The standard InChI is InChI=1S/C10H18O2/c1-3-5-9(11)8-6-7-12-10(8)4-2/h3,8-11H,1,4-7H2,2H3. The first-order valence-corrected chi connectivity index (χ1v) is 4.70. The Labute approximate surface area is 74.2 Å². The molecule has 0 radical (unpaired) electrons. The molecule has 0 aromatic heterocycles. The summed E-state index contributed by atoms with van der Waals surface area (Å²) in [6, 6.07) is 0. The highest BCUT2D eigenvalue weighted by Crippen LogP contribution is 2.27. The summed E-state index contributed by atoms with van der Waals surface area (Å²) in [5.74, 6) is 0.327. The van der Waals surface area contributed by atoms with Crippen molar-refractivity contribution in [2.75, 3.05) is 6.61 Å². The summed E-state index contributed by atoms with van der Waals surface area (Å²) in [7, 11) is 0. The minimum Gasteiger partial charge on any atom is -0.392 e. The maximum Gasteiger partial charge on any atom is 0.0628 e. The second-order valence-electron chi connectivity index (χ2n) is 3.36. The Hall–Kier alpha value is -0.340. The molecular formula is C10H18O2. The van der Waals surface area contributed by atoms with Gasteiger partial charge in [-0.1, -0.05) is 13.0 Å². The van der Waals surface area contributed by atoms with Crippen molar-refractivity contribution in [3.63, 3.8) is 0 Å². The van der Waals surface area contributed by atoms with E-state index in [1.807, 2.05) is 0 Å². The molecule has 0 bridgehead atoms. The molecule has 3 atom stereocenters. The molecule has 70 valence electrons. The van der Waals surface area contributed by atoms with Crippen molar-refractivity contribution in [1.29, 1.82) is 0 Å². The fraction of sp³-hybridized carbons (Fsp3) is 0.800. The maximum atomic E-state index is 9.70. The molecule has 0 spiro atoms. The Morgan fingerprint density at radius 1 is 1.75 bits per heavy atom. The molecule has 1 aliphatic rings. The van der Waals surface area contributed by atoms with Gasteiger partial charge in [0.1, 0.15) is 0 Å². The average Bonchev–Trinajstić information content (AvgIpc) is 2.51. The lowest BCUT2D eigenvalue weighted by atomic mass is 9.91. The van der Waals surface area contributed by atoms with E-state index >= 15 is 0 Å².